The number of nitrogens with one attached hydrogen (secondary N) is 2. The van der Waals surface area contributed by atoms with Crippen molar-refractivity contribution in [3.8, 4) is 5.75 Å². The average molecular weight is 500 g/mol. The molecule has 1 aliphatic heterocycles. The number of aryl methyl sites for hydroxylation is 3. The van der Waals surface area contributed by atoms with E-state index in [1.165, 1.54) is 0 Å². The number of carbonyl (C=O) groups excluding carboxylic acids is 3. The summed E-state index contributed by atoms with van der Waals surface area (Å²) in [5, 5.41) is 5.91. The van der Waals surface area contributed by atoms with E-state index in [2.05, 4.69) is 10.6 Å². The smallest absolute Gasteiger partial charge is 0.262 e. The third-order valence-electron chi connectivity index (χ3n) is 6.73. The lowest BCUT2D eigenvalue weighted by atomic mass is 10.1. The Bertz CT molecular complexity index is 1290. The Kier molecular flexibility index (Phi) is 8.23. The van der Waals surface area contributed by atoms with Crippen molar-refractivity contribution >= 4 is 29.1 Å². The van der Waals surface area contributed by atoms with Gasteiger partial charge >= 0.3 is 0 Å². The fourth-order valence-corrected chi connectivity index (χ4v) is 4.52. The molecule has 0 spiro atoms. The maximum atomic E-state index is 12.7. The predicted octanol–water partition coefficient (Wildman–Crippen LogP) is 4.55. The SMILES string of the molecule is CCc1cccc(C)c1NC(=O)COc1ccc(N2C[C@H](C(=O)NCc3ccccc3C)CC2=O)cc1. The minimum atomic E-state index is -0.398. The summed E-state index contributed by atoms with van der Waals surface area (Å²) >= 11 is 0. The topological polar surface area (TPSA) is 87.7 Å². The van der Waals surface area contributed by atoms with E-state index in [1.54, 1.807) is 29.2 Å². The number of amides is 3. The van der Waals surface area contributed by atoms with Crippen LogP contribution >= 0.6 is 0 Å². The zero-order chi connectivity index (χ0) is 26.4. The molecule has 3 aromatic carbocycles. The number of hydrogen-bond acceptors (Lipinski definition) is 4. The van der Waals surface area contributed by atoms with E-state index in [-0.39, 0.29) is 30.7 Å². The summed E-state index contributed by atoms with van der Waals surface area (Å²) in [4.78, 5) is 39.4. The Balaban J connectivity index is 1.29. The van der Waals surface area contributed by atoms with Crippen molar-refractivity contribution in [2.45, 2.75) is 40.2 Å². The van der Waals surface area contributed by atoms with Crippen molar-refractivity contribution in [2.24, 2.45) is 5.92 Å². The van der Waals surface area contributed by atoms with E-state index in [0.29, 0.717) is 24.5 Å². The van der Waals surface area contributed by atoms with Gasteiger partial charge in [0, 0.05) is 30.9 Å². The maximum Gasteiger partial charge on any atom is 0.262 e. The summed E-state index contributed by atoms with van der Waals surface area (Å²) in [6.45, 7) is 6.67. The third kappa shape index (κ3) is 6.36. The fourth-order valence-electron chi connectivity index (χ4n) is 4.52. The molecule has 0 saturated carbocycles. The first kappa shape index (κ1) is 25.9. The highest BCUT2D eigenvalue weighted by atomic mass is 16.5. The van der Waals surface area contributed by atoms with Crippen LogP contribution in [0.1, 0.15) is 35.6 Å². The van der Waals surface area contributed by atoms with Crippen molar-refractivity contribution < 1.29 is 19.1 Å². The van der Waals surface area contributed by atoms with Crippen LogP contribution in [-0.2, 0) is 27.3 Å². The standard InChI is InChI=1S/C30H33N3O4/c1-4-22-11-7-9-21(3)29(22)32-27(34)19-37-26-14-12-25(13-15-26)33-18-24(16-28(33)35)30(36)31-17-23-10-6-5-8-20(23)2/h5-15,24H,4,16-19H2,1-3H3,(H,31,36)(H,32,34)/t24-/m1/s1. The number of rotatable bonds is 9. The molecule has 7 heteroatoms. The summed E-state index contributed by atoms with van der Waals surface area (Å²) in [6.07, 6.45) is 1.00. The number of para-hydroxylation sites is 1. The summed E-state index contributed by atoms with van der Waals surface area (Å²) in [6, 6.07) is 20.9. The van der Waals surface area contributed by atoms with Crippen molar-refractivity contribution in [3.63, 3.8) is 0 Å². The Labute approximate surface area is 217 Å². The Morgan fingerprint density at radius 1 is 0.946 bits per heavy atom. The van der Waals surface area contributed by atoms with Crippen LogP contribution in [0.5, 0.6) is 5.75 Å². The highest BCUT2D eigenvalue weighted by molar-refractivity contribution is 6.00. The lowest BCUT2D eigenvalue weighted by molar-refractivity contribution is -0.126. The minimum absolute atomic E-state index is 0.0888. The molecule has 1 aliphatic rings. The molecular weight excluding hydrogens is 466 g/mol. The summed E-state index contributed by atoms with van der Waals surface area (Å²) in [7, 11) is 0. The monoisotopic (exact) mass is 499 g/mol. The van der Waals surface area contributed by atoms with Gasteiger partial charge in [0.2, 0.25) is 11.8 Å². The largest absolute Gasteiger partial charge is 0.484 e. The van der Waals surface area contributed by atoms with Gasteiger partial charge in [0.05, 0.1) is 5.92 Å². The fraction of sp³-hybridized carbons (Fsp3) is 0.300. The summed E-state index contributed by atoms with van der Waals surface area (Å²) < 4.78 is 5.66. The first-order chi connectivity index (χ1) is 17.9. The normalized spacial score (nSPS) is 14.9. The molecule has 0 radical (unpaired) electrons. The molecule has 7 nitrogen and oxygen atoms in total. The molecule has 1 heterocycles. The van der Waals surface area contributed by atoms with Crippen LogP contribution < -0.4 is 20.3 Å². The molecule has 1 fully saturated rings. The van der Waals surface area contributed by atoms with Gasteiger partial charge in [0.25, 0.3) is 5.91 Å². The van der Waals surface area contributed by atoms with Gasteiger partial charge in [-0.2, -0.15) is 0 Å². The number of hydrogen-bond donors (Lipinski definition) is 2. The van der Waals surface area contributed by atoms with Crippen LogP contribution in [0, 0.1) is 19.8 Å². The van der Waals surface area contributed by atoms with Gasteiger partial charge in [-0.1, -0.05) is 49.4 Å². The molecule has 3 aromatic rings. The van der Waals surface area contributed by atoms with Gasteiger partial charge in [-0.15, -0.1) is 0 Å². The van der Waals surface area contributed by atoms with Crippen molar-refractivity contribution in [2.75, 3.05) is 23.4 Å². The van der Waals surface area contributed by atoms with Crippen LogP contribution in [-0.4, -0.2) is 30.9 Å². The second-order valence-corrected chi connectivity index (χ2v) is 9.34. The van der Waals surface area contributed by atoms with E-state index in [9.17, 15) is 14.4 Å². The van der Waals surface area contributed by atoms with Gasteiger partial charge < -0.3 is 20.3 Å². The number of anilines is 2. The maximum absolute atomic E-state index is 12.7. The van der Waals surface area contributed by atoms with E-state index in [0.717, 1.165) is 34.4 Å². The van der Waals surface area contributed by atoms with Crippen molar-refractivity contribution in [1.29, 1.82) is 0 Å². The Morgan fingerprint density at radius 2 is 1.65 bits per heavy atom. The second-order valence-electron chi connectivity index (χ2n) is 9.34. The zero-order valence-corrected chi connectivity index (χ0v) is 21.5. The molecule has 0 unspecified atom stereocenters. The van der Waals surface area contributed by atoms with Crippen LogP contribution in [0.25, 0.3) is 0 Å². The minimum Gasteiger partial charge on any atom is -0.484 e. The molecule has 0 aliphatic carbocycles. The Hall–Kier alpha value is -4.13. The third-order valence-corrected chi connectivity index (χ3v) is 6.73. The molecular formula is C30H33N3O4. The molecule has 1 atom stereocenters. The lowest BCUT2D eigenvalue weighted by Crippen LogP contribution is -2.32. The van der Waals surface area contributed by atoms with Crippen molar-refractivity contribution in [1.82, 2.24) is 5.32 Å². The molecule has 192 valence electrons. The molecule has 0 aromatic heterocycles. The number of carbonyl (C=O) groups is 3. The lowest BCUT2D eigenvalue weighted by Gasteiger charge is -2.17. The van der Waals surface area contributed by atoms with Crippen LogP contribution in [0.15, 0.2) is 66.7 Å². The number of ether oxygens (including phenoxy) is 1. The van der Waals surface area contributed by atoms with Gasteiger partial charge in [0.15, 0.2) is 6.61 Å². The van der Waals surface area contributed by atoms with Crippen LogP contribution in [0.2, 0.25) is 0 Å². The van der Waals surface area contributed by atoms with Crippen LogP contribution in [0.4, 0.5) is 11.4 Å². The van der Waals surface area contributed by atoms with E-state index in [1.807, 2.05) is 63.2 Å². The number of nitrogens with zero attached hydrogens (tertiary/aromatic N) is 1. The van der Waals surface area contributed by atoms with Crippen LogP contribution in [0.3, 0.4) is 0 Å². The second kappa shape index (κ2) is 11.7. The first-order valence-electron chi connectivity index (χ1n) is 12.6. The number of benzene rings is 3. The van der Waals surface area contributed by atoms with E-state index in [4.69, 9.17) is 4.74 Å². The summed E-state index contributed by atoms with van der Waals surface area (Å²) in [5.41, 5.74) is 5.80. The predicted molar refractivity (Wildman–Crippen MR) is 145 cm³/mol. The zero-order valence-electron chi connectivity index (χ0n) is 21.5. The van der Waals surface area contributed by atoms with Crippen molar-refractivity contribution in [3.05, 3.63) is 89.0 Å². The quantitative estimate of drug-likeness (QED) is 0.452. The molecule has 37 heavy (non-hydrogen) atoms. The Morgan fingerprint density at radius 3 is 2.38 bits per heavy atom. The molecule has 3 amide bonds. The van der Waals surface area contributed by atoms with E-state index >= 15 is 0 Å². The van der Waals surface area contributed by atoms with Gasteiger partial charge in [-0.3, -0.25) is 14.4 Å². The molecule has 4 rings (SSSR count). The first-order valence-corrected chi connectivity index (χ1v) is 12.6. The highest BCUT2D eigenvalue weighted by Gasteiger charge is 2.35. The summed E-state index contributed by atoms with van der Waals surface area (Å²) in [5.74, 6) is -0.314. The van der Waals surface area contributed by atoms with Gasteiger partial charge in [-0.05, 0) is 66.8 Å². The highest BCUT2D eigenvalue weighted by Crippen LogP contribution is 2.27. The molecule has 0 bridgehead atoms. The van der Waals surface area contributed by atoms with Gasteiger partial charge in [0.1, 0.15) is 5.75 Å². The average Bonchev–Trinajstić information content (AvgIpc) is 3.30. The molecule has 1 saturated heterocycles. The van der Waals surface area contributed by atoms with Gasteiger partial charge in [-0.25, -0.2) is 0 Å². The molecule has 2 N–H and O–H groups in total. The van der Waals surface area contributed by atoms with E-state index < -0.39 is 5.92 Å².